The minimum absolute atomic E-state index is 0.0436. The molecule has 0 fully saturated rings. The number of rotatable bonds is 5. The van der Waals surface area contributed by atoms with Crippen LogP contribution in [0.1, 0.15) is 16.1 Å². The van der Waals surface area contributed by atoms with Gasteiger partial charge in [-0.25, -0.2) is 10.5 Å². The first-order valence-corrected chi connectivity index (χ1v) is 6.94. The number of aromatic nitrogens is 1. The third-order valence-electron chi connectivity index (χ3n) is 2.88. The topological polar surface area (TPSA) is 101 Å². The molecule has 1 aromatic heterocycles. The molecule has 0 aliphatic rings. The molecule has 0 spiro atoms. The molecule has 0 bridgehead atoms. The molecule has 2 aromatic rings. The van der Waals surface area contributed by atoms with Gasteiger partial charge >= 0.3 is 0 Å². The van der Waals surface area contributed by atoms with E-state index in [0.717, 1.165) is 0 Å². The lowest BCUT2D eigenvalue weighted by Gasteiger charge is -2.10. The fourth-order valence-corrected chi connectivity index (χ4v) is 1.96. The van der Waals surface area contributed by atoms with E-state index >= 15 is 0 Å². The van der Waals surface area contributed by atoms with Crippen molar-refractivity contribution in [3.8, 4) is 17.3 Å². The zero-order chi connectivity index (χ0) is 16.8. The van der Waals surface area contributed by atoms with Gasteiger partial charge in [0.05, 0.1) is 34.6 Å². The van der Waals surface area contributed by atoms with Crippen LogP contribution < -0.4 is 11.2 Å². The molecule has 1 amide bonds. The lowest BCUT2D eigenvalue weighted by atomic mass is 10.1. The molecular weight excluding hydrogens is 316 g/mol. The largest absolute Gasteiger partial charge is 0.397 e. The number of carbonyl (C=O) groups is 1. The molecule has 116 valence electrons. The predicted octanol–water partition coefficient (Wildman–Crippen LogP) is 2.70. The van der Waals surface area contributed by atoms with Crippen molar-refractivity contribution < 1.29 is 9.63 Å². The highest BCUT2D eigenvalue weighted by atomic mass is 35.5. The maximum Gasteiger partial charge on any atom is 0.295 e. The number of nitrogens with two attached hydrogens (primary N) is 1. The van der Waals surface area contributed by atoms with Gasteiger partial charge in [0, 0.05) is 5.56 Å². The van der Waals surface area contributed by atoms with Gasteiger partial charge in [0.15, 0.2) is 5.69 Å². The Morgan fingerprint density at radius 3 is 2.78 bits per heavy atom. The van der Waals surface area contributed by atoms with Crippen LogP contribution in [0.4, 0.5) is 5.69 Å². The number of nitrogen functional groups attached to an aromatic ring is 1. The van der Waals surface area contributed by atoms with E-state index in [1.807, 2.05) is 6.07 Å². The van der Waals surface area contributed by atoms with Crippen molar-refractivity contribution in [3.05, 3.63) is 59.3 Å². The number of anilines is 1. The van der Waals surface area contributed by atoms with Gasteiger partial charge in [-0.2, -0.15) is 5.26 Å². The lowest BCUT2D eigenvalue weighted by molar-refractivity contribution is 0.0417. The summed E-state index contributed by atoms with van der Waals surface area (Å²) in [5.74, 6) is -0.612. The predicted molar refractivity (Wildman–Crippen MR) is 87.4 cm³/mol. The number of carbonyl (C=O) groups excluding carboxylic acids is 1. The number of nitrogens with one attached hydrogen (secondary N) is 1. The summed E-state index contributed by atoms with van der Waals surface area (Å²) < 4.78 is 0. The number of hydrogen-bond donors (Lipinski definition) is 2. The zero-order valence-corrected chi connectivity index (χ0v) is 12.8. The van der Waals surface area contributed by atoms with E-state index < -0.39 is 5.91 Å². The first-order valence-electron chi connectivity index (χ1n) is 6.56. The smallest absolute Gasteiger partial charge is 0.295 e. The highest BCUT2D eigenvalue weighted by Crippen LogP contribution is 2.28. The van der Waals surface area contributed by atoms with Crippen LogP contribution in [-0.2, 0) is 4.84 Å². The summed E-state index contributed by atoms with van der Waals surface area (Å²) in [4.78, 5) is 21.2. The fourth-order valence-electron chi connectivity index (χ4n) is 1.78. The molecule has 0 radical (unpaired) electrons. The van der Waals surface area contributed by atoms with E-state index in [9.17, 15) is 4.79 Å². The van der Waals surface area contributed by atoms with Crippen molar-refractivity contribution in [2.75, 3.05) is 12.3 Å². The van der Waals surface area contributed by atoms with Crippen molar-refractivity contribution in [1.82, 2.24) is 10.5 Å². The molecule has 0 aliphatic carbocycles. The number of hydroxylamine groups is 1. The van der Waals surface area contributed by atoms with E-state index in [1.54, 1.807) is 30.3 Å². The highest BCUT2D eigenvalue weighted by Gasteiger charge is 2.17. The Labute approximate surface area is 138 Å². The van der Waals surface area contributed by atoms with Gasteiger partial charge in [-0.3, -0.25) is 9.63 Å². The molecule has 0 atom stereocenters. The molecule has 1 aromatic carbocycles. The maximum absolute atomic E-state index is 12.1. The average molecular weight is 329 g/mol. The van der Waals surface area contributed by atoms with Crippen LogP contribution in [0.3, 0.4) is 0 Å². The Balaban J connectivity index is 2.37. The number of nitriles is 1. The third kappa shape index (κ3) is 3.86. The summed E-state index contributed by atoms with van der Waals surface area (Å²) in [7, 11) is 0. The van der Waals surface area contributed by atoms with Crippen LogP contribution in [0, 0.1) is 11.3 Å². The van der Waals surface area contributed by atoms with Crippen molar-refractivity contribution in [1.29, 1.82) is 5.26 Å². The Kier molecular flexibility index (Phi) is 5.31. The molecule has 0 saturated carbocycles. The van der Waals surface area contributed by atoms with Crippen LogP contribution in [0.15, 0.2) is 43.0 Å². The number of nitrogens with zero attached hydrogens (tertiary/aromatic N) is 2. The SMILES string of the molecule is C=CCONC(=O)c1nc(-c2ccc(C#N)cc2)cc(N)c1Cl. The quantitative estimate of drug-likeness (QED) is 0.499. The Bertz CT molecular complexity index is 782. The second-order valence-corrected chi connectivity index (χ2v) is 4.86. The molecule has 3 N–H and O–H groups in total. The van der Waals surface area contributed by atoms with E-state index in [4.69, 9.17) is 27.4 Å². The van der Waals surface area contributed by atoms with Crippen LogP contribution in [-0.4, -0.2) is 17.5 Å². The van der Waals surface area contributed by atoms with Gasteiger partial charge in [0.2, 0.25) is 0 Å². The van der Waals surface area contributed by atoms with E-state index in [0.29, 0.717) is 16.8 Å². The lowest BCUT2D eigenvalue weighted by Crippen LogP contribution is -2.25. The van der Waals surface area contributed by atoms with Gasteiger partial charge in [-0.05, 0) is 18.2 Å². The summed E-state index contributed by atoms with van der Waals surface area (Å²) >= 11 is 6.04. The molecule has 0 saturated heterocycles. The molecular formula is C16H13ClN4O2. The minimum Gasteiger partial charge on any atom is -0.397 e. The summed E-state index contributed by atoms with van der Waals surface area (Å²) in [5, 5.41) is 8.87. The second-order valence-electron chi connectivity index (χ2n) is 4.48. The summed E-state index contributed by atoms with van der Waals surface area (Å²) in [5.41, 5.74) is 9.91. The van der Waals surface area contributed by atoms with Crippen LogP contribution >= 0.6 is 11.6 Å². The van der Waals surface area contributed by atoms with Gasteiger partial charge in [-0.15, -0.1) is 6.58 Å². The number of hydrogen-bond acceptors (Lipinski definition) is 5. The fraction of sp³-hybridized carbons (Fsp3) is 0.0625. The minimum atomic E-state index is -0.612. The van der Waals surface area contributed by atoms with E-state index in [-0.39, 0.29) is 23.0 Å². The van der Waals surface area contributed by atoms with Crippen molar-refractivity contribution in [2.24, 2.45) is 0 Å². The number of benzene rings is 1. The molecule has 23 heavy (non-hydrogen) atoms. The first kappa shape index (κ1) is 16.5. The van der Waals surface area contributed by atoms with Gasteiger partial charge in [-0.1, -0.05) is 29.8 Å². The number of amides is 1. The van der Waals surface area contributed by atoms with Gasteiger partial charge < -0.3 is 5.73 Å². The maximum atomic E-state index is 12.1. The normalized spacial score (nSPS) is 9.91. The molecule has 0 aliphatic heterocycles. The average Bonchev–Trinajstić information content (AvgIpc) is 2.57. The van der Waals surface area contributed by atoms with Gasteiger partial charge in [0.1, 0.15) is 0 Å². The third-order valence-corrected chi connectivity index (χ3v) is 3.27. The Morgan fingerprint density at radius 1 is 1.48 bits per heavy atom. The number of halogens is 1. The monoisotopic (exact) mass is 328 g/mol. The van der Waals surface area contributed by atoms with Gasteiger partial charge in [0.25, 0.3) is 5.91 Å². The van der Waals surface area contributed by atoms with E-state index in [1.165, 1.54) is 6.08 Å². The first-order chi connectivity index (χ1) is 11.1. The van der Waals surface area contributed by atoms with Crippen LogP contribution in [0.2, 0.25) is 5.02 Å². The van der Waals surface area contributed by atoms with Crippen LogP contribution in [0.25, 0.3) is 11.3 Å². The molecule has 2 rings (SSSR count). The molecule has 6 nitrogen and oxygen atoms in total. The molecule has 0 unspecified atom stereocenters. The summed E-state index contributed by atoms with van der Waals surface area (Å²) in [6.07, 6.45) is 1.48. The van der Waals surface area contributed by atoms with Crippen molar-refractivity contribution in [2.45, 2.75) is 0 Å². The highest BCUT2D eigenvalue weighted by molar-refractivity contribution is 6.36. The second kappa shape index (κ2) is 7.40. The molecule has 7 heteroatoms. The summed E-state index contributed by atoms with van der Waals surface area (Å²) in [6, 6.07) is 10.3. The van der Waals surface area contributed by atoms with Crippen LogP contribution in [0.5, 0.6) is 0 Å². The molecule has 1 heterocycles. The standard InChI is InChI=1S/C16H13ClN4O2/c1-2-7-23-21-16(22)15-14(17)12(19)8-13(20-15)11-5-3-10(9-18)4-6-11/h2-6,8H,1,7H2,(H2,19,20)(H,21,22). The van der Waals surface area contributed by atoms with Crippen molar-refractivity contribution in [3.63, 3.8) is 0 Å². The Hall–Kier alpha value is -2.88. The Morgan fingerprint density at radius 2 is 2.17 bits per heavy atom. The zero-order valence-electron chi connectivity index (χ0n) is 12.0. The summed E-state index contributed by atoms with van der Waals surface area (Å²) in [6.45, 7) is 3.62. The number of pyridine rings is 1. The van der Waals surface area contributed by atoms with E-state index in [2.05, 4.69) is 17.0 Å². The van der Waals surface area contributed by atoms with Crippen molar-refractivity contribution >= 4 is 23.2 Å².